The van der Waals surface area contributed by atoms with E-state index < -0.39 is 11.7 Å². The van der Waals surface area contributed by atoms with Gasteiger partial charge in [-0.2, -0.15) is 13.2 Å². The maximum atomic E-state index is 12.6. The minimum Gasteiger partial charge on any atom is -0.327 e. The Hall–Kier alpha value is -1.49. The summed E-state index contributed by atoms with van der Waals surface area (Å²) in [6, 6.07) is 2.23. The summed E-state index contributed by atoms with van der Waals surface area (Å²) in [7, 11) is 0. The van der Waals surface area contributed by atoms with Gasteiger partial charge in [0.15, 0.2) is 0 Å². The minimum atomic E-state index is -4.46. The van der Waals surface area contributed by atoms with Crippen molar-refractivity contribution in [3.8, 4) is 0 Å². The predicted molar refractivity (Wildman–Crippen MR) is 59.9 cm³/mol. The Bertz CT molecular complexity index is 572. The van der Waals surface area contributed by atoms with E-state index in [-0.39, 0.29) is 10.5 Å². The minimum absolute atomic E-state index is 0.267. The van der Waals surface area contributed by atoms with Crippen molar-refractivity contribution >= 4 is 22.6 Å². The second-order valence-electron chi connectivity index (χ2n) is 3.50. The first-order valence-corrected chi connectivity index (χ1v) is 5.13. The summed E-state index contributed by atoms with van der Waals surface area (Å²) >= 11 is 5.63. The summed E-state index contributed by atoms with van der Waals surface area (Å²) in [4.78, 5) is 3.91. The molecule has 0 saturated carbocycles. The standard InChI is InChI=1S/C11H8ClF3N2/c1-2-3-17-6-16-9-4-7(11(13,14)15)8(12)5-10(9)17/h2,4-6H,1,3H2. The number of fused-ring (bicyclic) bond motifs is 1. The molecule has 1 heterocycles. The van der Waals surface area contributed by atoms with Crippen LogP contribution in [0.15, 0.2) is 31.1 Å². The summed E-state index contributed by atoms with van der Waals surface area (Å²) in [5.41, 5.74) is -0.0398. The second-order valence-corrected chi connectivity index (χ2v) is 3.91. The van der Waals surface area contributed by atoms with Crippen molar-refractivity contribution in [1.29, 1.82) is 0 Å². The fourth-order valence-corrected chi connectivity index (χ4v) is 1.85. The molecule has 2 aromatic rings. The molecule has 0 spiro atoms. The molecule has 6 heteroatoms. The largest absolute Gasteiger partial charge is 0.417 e. The van der Waals surface area contributed by atoms with Gasteiger partial charge in [-0.25, -0.2) is 4.98 Å². The molecular weight excluding hydrogens is 253 g/mol. The van der Waals surface area contributed by atoms with Gasteiger partial charge in [-0.3, -0.25) is 0 Å². The van der Waals surface area contributed by atoms with Gasteiger partial charge in [0.05, 0.1) is 27.9 Å². The molecule has 1 aromatic carbocycles. The molecule has 0 saturated heterocycles. The number of imidazole rings is 1. The molecule has 0 unspecified atom stereocenters. The topological polar surface area (TPSA) is 17.8 Å². The summed E-state index contributed by atoms with van der Waals surface area (Å²) in [5.74, 6) is 0. The third-order valence-corrected chi connectivity index (χ3v) is 2.65. The highest BCUT2D eigenvalue weighted by Gasteiger charge is 2.33. The van der Waals surface area contributed by atoms with Gasteiger partial charge in [0.2, 0.25) is 0 Å². The smallest absolute Gasteiger partial charge is 0.327 e. The van der Waals surface area contributed by atoms with Gasteiger partial charge in [-0.15, -0.1) is 6.58 Å². The monoisotopic (exact) mass is 260 g/mol. The van der Waals surface area contributed by atoms with Crippen molar-refractivity contribution in [2.24, 2.45) is 0 Å². The van der Waals surface area contributed by atoms with E-state index in [0.29, 0.717) is 12.1 Å². The van der Waals surface area contributed by atoms with Crippen molar-refractivity contribution in [1.82, 2.24) is 9.55 Å². The van der Waals surface area contributed by atoms with Crippen molar-refractivity contribution < 1.29 is 13.2 Å². The number of halogens is 4. The molecule has 0 amide bonds. The number of benzene rings is 1. The second kappa shape index (κ2) is 4.07. The highest BCUT2D eigenvalue weighted by Crippen LogP contribution is 2.36. The van der Waals surface area contributed by atoms with Gasteiger partial charge in [-0.05, 0) is 12.1 Å². The van der Waals surface area contributed by atoms with E-state index in [2.05, 4.69) is 11.6 Å². The van der Waals surface area contributed by atoms with Gasteiger partial charge < -0.3 is 4.57 Å². The molecule has 2 rings (SSSR count). The first-order valence-electron chi connectivity index (χ1n) is 4.76. The Morgan fingerprint density at radius 1 is 1.41 bits per heavy atom. The number of nitrogens with zero attached hydrogens (tertiary/aromatic N) is 2. The number of alkyl halides is 3. The Morgan fingerprint density at radius 2 is 2.12 bits per heavy atom. The maximum absolute atomic E-state index is 12.6. The molecule has 17 heavy (non-hydrogen) atoms. The predicted octanol–water partition coefficient (Wildman–Crippen LogP) is 3.89. The lowest BCUT2D eigenvalue weighted by Crippen LogP contribution is -2.06. The van der Waals surface area contributed by atoms with Crippen LogP contribution in [0.4, 0.5) is 13.2 Å². The summed E-state index contributed by atoms with van der Waals surface area (Å²) in [5, 5.41) is -0.323. The van der Waals surface area contributed by atoms with E-state index in [1.54, 1.807) is 10.6 Å². The molecular formula is C11H8ClF3N2. The Labute approximate surface area is 100 Å². The lowest BCUT2D eigenvalue weighted by molar-refractivity contribution is -0.137. The SMILES string of the molecule is C=CCn1cnc2cc(C(F)(F)F)c(Cl)cc21. The molecule has 2 nitrogen and oxygen atoms in total. The zero-order chi connectivity index (χ0) is 12.6. The third-order valence-electron chi connectivity index (χ3n) is 2.34. The van der Waals surface area contributed by atoms with Crippen LogP contribution >= 0.6 is 11.6 Å². The number of hydrogen-bond donors (Lipinski definition) is 0. The van der Waals surface area contributed by atoms with E-state index in [1.165, 1.54) is 12.4 Å². The van der Waals surface area contributed by atoms with E-state index in [9.17, 15) is 13.2 Å². The van der Waals surface area contributed by atoms with Crippen LogP contribution in [0.5, 0.6) is 0 Å². The molecule has 0 aliphatic carbocycles. The fraction of sp³-hybridized carbons (Fsp3) is 0.182. The summed E-state index contributed by atoms with van der Waals surface area (Å²) in [6.07, 6.45) is -1.37. The van der Waals surface area contributed by atoms with E-state index >= 15 is 0 Å². The van der Waals surface area contributed by atoms with Crippen LogP contribution in [0, 0.1) is 0 Å². The molecule has 0 aliphatic rings. The van der Waals surface area contributed by atoms with Crippen LogP contribution in [0.1, 0.15) is 5.56 Å². The fourth-order valence-electron chi connectivity index (χ4n) is 1.58. The Kier molecular flexibility index (Phi) is 2.87. The molecule has 0 atom stereocenters. The van der Waals surface area contributed by atoms with Gasteiger partial charge in [-0.1, -0.05) is 17.7 Å². The van der Waals surface area contributed by atoms with Gasteiger partial charge in [0.1, 0.15) is 0 Å². The summed E-state index contributed by atoms with van der Waals surface area (Å²) in [6.45, 7) is 4.03. The average molecular weight is 261 g/mol. The highest BCUT2D eigenvalue weighted by atomic mass is 35.5. The lowest BCUT2D eigenvalue weighted by Gasteiger charge is -2.09. The first kappa shape index (κ1) is 12.0. The molecule has 90 valence electrons. The van der Waals surface area contributed by atoms with Gasteiger partial charge in [0.25, 0.3) is 0 Å². The summed E-state index contributed by atoms with van der Waals surface area (Å²) < 4.78 is 39.5. The molecule has 0 radical (unpaired) electrons. The molecule has 0 N–H and O–H groups in total. The van der Waals surface area contributed by atoms with Gasteiger partial charge >= 0.3 is 6.18 Å². The van der Waals surface area contributed by atoms with Crippen LogP contribution in [0.25, 0.3) is 11.0 Å². The number of hydrogen-bond acceptors (Lipinski definition) is 1. The normalized spacial score (nSPS) is 12.0. The average Bonchev–Trinajstić information content (AvgIpc) is 2.59. The van der Waals surface area contributed by atoms with Crippen molar-refractivity contribution in [2.45, 2.75) is 12.7 Å². The first-order chi connectivity index (χ1) is 7.93. The van der Waals surface area contributed by atoms with Crippen LogP contribution in [0.3, 0.4) is 0 Å². The Morgan fingerprint density at radius 3 is 2.71 bits per heavy atom. The van der Waals surface area contributed by atoms with Crippen molar-refractivity contribution in [3.05, 3.63) is 41.7 Å². The third kappa shape index (κ3) is 2.15. The van der Waals surface area contributed by atoms with Crippen LogP contribution in [-0.4, -0.2) is 9.55 Å². The maximum Gasteiger partial charge on any atom is 0.417 e. The van der Waals surface area contributed by atoms with Crippen LogP contribution in [0.2, 0.25) is 5.02 Å². The van der Waals surface area contributed by atoms with E-state index in [0.717, 1.165) is 6.07 Å². The zero-order valence-corrected chi connectivity index (χ0v) is 9.39. The van der Waals surface area contributed by atoms with Crippen LogP contribution in [-0.2, 0) is 12.7 Å². The number of rotatable bonds is 2. The molecule has 0 bridgehead atoms. The van der Waals surface area contributed by atoms with Crippen molar-refractivity contribution in [3.63, 3.8) is 0 Å². The zero-order valence-electron chi connectivity index (χ0n) is 8.63. The van der Waals surface area contributed by atoms with Crippen LogP contribution < -0.4 is 0 Å². The number of allylic oxidation sites excluding steroid dienone is 1. The van der Waals surface area contributed by atoms with E-state index in [1.807, 2.05) is 0 Å². The lowest BCUT2D eigenvalue weighted by atomic mass is 10.2. The number of aromatic nitrogens is 2. The molecule has 0 fully saturated rings. The quantitative estimate of drug-likeness (QED) is 0.749. The molecule has 1 aromatic heterocycles. The van der Waals surface area contributed by atoms with Gasteiger partial charge in [0, 0.05) is 6.54 Å². The Balaban J connectivity index is 2.64. The molecule has 0 aliphatic heterocycles. The highest BCUT2D eigenvalue weighted by molar-refractivity contribution is 6.32. The van der Waals surface area contributed by atoms with E-state index in [4.69, 9.17) is 11.6 Å². The van der Waals surface area contributed by atoms with Crippen molar-refractivity contribution in [2.75, 3.05) is 0 Å².